The van der Waals surface area contributed by atoms with E-state index in [0.29, 0.717) is 18.1 Å². The Morgan fingerprint density at radius 3 is 2.63 bits per heavy atom. The predicted octanol–water partition coefficient (Wildman–Crippen LogP) is 1.30. The van der Waals surface area contributed by atoms with E-state index in [9.17, 15) is 4.79 Å². The smallest absolute Gasteiger partial charge is 0.251 e. The van der Waals surface area contributed by atoms with Crippen LogP contribution in [-0.2, 0) is 0 Å². The van der Waals surface area contributed by atoms with E-state index >= 15 is 0 Å². The number of carbonyl (C=O) groups is 1. The minimum Gasteiger partial charge on any atom is -0.347 e. The van der Waals surface area contributed by atoms with Gasteiger partial charge < -0.3 is 5.32 Å². The number of aromatic nitrogens is 2. The summed E-state index contributed by atoms with van der Waals surface area (Å²) in [5.41, 5.74) is 3.27. The molecule has 0 saturated carbocycles. The van der Waals surface area contributed by atoms with Crippen LogP contribution in [0.2, 0.25) is 0 Å². The van der Waals surface area contributed by atoms with E-state index in [0.717, 1.165) is 0 Å². The summed E-state index contributed by atoms with van der Waals surface area (Å²) in [6.07, 6.45) is 4.77. The van der Waals surface area contributed by atoms with Gasteiger partial charge in [-0.25, -0.2) is 15.4 Å². The van der Waals surface area contributed by atoms with Gasteiger partial charge >= 0.3 is 0 Å². The van der Waals surface area contributed by atoms with Crippen molar-refractivity contribution in [3.8, 4) is 0 Å². The molecule has 0 atom stereocenters. The van der Waals surface area contributed by atoms with Crippen molar-refractivity contribution in [2.75, 3.05) is 12.0 Å². The highest BCUT2D eigenvalue weighted by molar-refractivity contribution is 5.95. The highest BCUT2D eigenvalue weighted by atomic mass is 16.1. The second-order valence-corrected chi connectivity index (χ2v) is 3.57. The number of anilines is 1. The first kappa shape index (κ1) is 12.7. The Labute approximate surface area is 110 Å². The number of nitrogens with zero attached hydrogens (tertiary/aromatic N) is 3. The Bertz CT molecular complexity index is 541. The molecule has 1 amide bonds. The van der Waals surface area contributed by atoms with E-state index in [1.165, 1.54) is 6.21 Å². The molecule has 0 aliphatic heterocycles. The molecule has 0 aliphatic rings. The summed E-state index contributed by atoms with van der Waals surface area (Å²) in [6.45, 7) is 0.327. The van der Waals surface area contributed by atoms with E-state index in [1.807, 2.05) is 18.2 Å². The van der Waals surface area contributed by atoms with Gasteiger partial charge in [-0.15, -0.1) is 0 Å². The zero-order valence-corrected chi connectivity index (χ0v) is 10.2. The molecule has 1 aromatic heterocycles. The van der Waals surface area contributed by atoms with Crippen LogP contribution < -0.4 is 10.7 Å². The Kier molecular flexibility index (Phi) is 4.58. The summed E-state index contributed by atoms with van der Waals surface area (Å²) >= 11 is 0. The highest BCUT2D eigenvalue weighted by Gasteiger charge is 2.01. The highest BCUT2D eigenvalue weighted by Crippen LogP contribution is 1.97. The van der Waals surface area contributed by atoms with Crippen LogP contribution in [0.25, 0.3) is 0 Å². The summed E-state index contributed by atoms with van der Waals surface area (Å²) in [5.74, 6) is 0.274. The zero-order valence-electron chi connectivity index (χ0n) is 10.2. The van der Waals surface area contributed by atoms with Gasteiger partial charge in [0.05, 0.1) is 6.54 Å². The van der Waals surface area contributed by atoms with Crippen molar-refractivity contribution in [3.63, 3.8) is 0 Å². The lowest BCUT2D eigenvalue weighted by Gasteiger charge is -2.01. The molecule has 0 bridgehead atoms. The van der Waals surface area contributed by atoms with Crippen molar-refractivity contribution in [2.45, 2.75) is 0 Å². The van der Waals surface area contributed by atoms with Crippen LogP contribution in [0.1, 0.15) is 10.4 Å². The third kappa shape index (κ3) is 4.19. The van der Waals surface area contributed by atoms with Gasteiger partial charge in [0.1, 0.15) is 0 Å². The lowest BCUT2D eigenvalue weighted by atomic mass is 10.2. The quantitative estimate of drug-likeness (QED) is 0.623. The van der Waals surface area contributed by atoms with E-state index in [4.69, 9.17) is 0 Å². The normalized spacial score (nSPS) is 10.3. The molecule has 2 N–H and O–H groups in total. The molecule has 1 heterocycles. The van der Waals surface area contributed by atoms with Crippen molar-refractivity contribution < 1.29 is 4.79 Å². The monoisotopic (exact) mass is 255 g/mol. The Morgan fingerprint density at radius 2 is 1.89 bits per heavy atom. The Morgan fingerprint density at radius 1 is 1.16 bits per heavy atom. The van der Waals surface area contributed by atoms with E-state index in [-0.39, 0.29) is 5.91 Å². The molecule has 1 aromatic carbocycles. The van der Waals surface area contributed by atoms with Gasteiger partial charge in [-0.1, -0.05) is 18.2 Å². The molecule has 2 aromatic rings. The number of carbonyl (C=O) groups excluding carboxylic acids is 1. The number of hydrogen-bond donors (Lipinski definition) is 2. The first-order valence-electron chi connectivity index (χ1n) is 5.74. The Hall–Kier alpha value is -2.76. The van der Waals surface area contributed by atoms with Crippen LogP contribution in [0.4, 0.5) is 5.95 Å². The summed E-state index contributed by atoms with van der Waals surface area (Å²) < 4.78 is 0. The summed E-state index contributed by atoms with van der Waals surface area (Å²) in [4.78, 5) is 19.5. The molecule has 0 saturated heterocycles. The van der Waals surface area contributed by atoms with Gasteiger partial charge in [0.15, 0.2) is 0 Å². The summed E-state index contributed by atoms with van der Waals surface area (Å²) in [5, 5.41) is 6.61. The maximum atomic E-state index is 11.7. The van der Waals surface area contributed by atoms with Crippen LogP contribution >= 0.6 is 0 Å². The lowest BCUT2D eigenvalue weighted by Crippen LogP contribution is -2.25. The van der Waals surface area contributed by atoms with E-state index in [1.54, 1.807) is 30.6 Å². The fourth-order valence-electron chi connectivity index (χ4n) is 1.34. The minimum absolute atomic E-state index is 0.136. The van der Waals surface area contributed by atoms with Crippen molar-refractivity contribution in [2.24, 2.45) is 5.10 Å². The molecule has 0 radical (unpaired) electrons. The third-order valence-corrected chi connectivity index (χ3v) is 2.21. The van der Waals surface area contributed by atoms with Crippen molar-refractivity contribution in [3.05, 3.63) is 54.4 Å². The van der Waals surface area contributed by atoms with Crippen LogP contribution in [0, 0.1) is 0 Å². The number of hydrogen-bond acceptors (Lipinski definition) is 5. The first-order chi connectivity index (χ1) is 9.36. The zero-order chi connectivity index (χ0) is 13.3. The van der Waals surface area contributed by atoms with Gasteiger partial charge in [-0.05, 0) is 18.2 Å². The van der Waals surface area contributed by atoms with Gasteiger partial charge in [0.25, 0.3) is 5.91 Å². The molecular weight excluding hydrogens is 242 g/mol. The van der Waals surface area contributed by atoms with Gasteiger partial charge in [-0.2, -0.15) is 5.10 Å². The second kappa shape index (κ2) is 6.85. The molecule has 0 aliphatic carbocycles. The molecule has 6 nitrogen and oxygen atoms in total. The number of amides is 1. The van der Waals surface area contributed by atoms with Crippen LogP contribution in [0.3, 0.4) is 0 Å². The fraction of sp³-hybridized carbons (Fsp3) is 0.0769. The topological polar surface area (TPSA) is 79.3 Å². The molecule has 6 heteroatoms. The first-order valence-corrected chi connectivity index (χ1v) is 5.74. The van der Waals surface area contributed by atoms with Crippen molar-refractivity contribution >= 4 is 18.1 Å². The molecule has 96 valence electrons. The second-order valence-electron chi connectivity index (χ2n) is 3.57. The predicted molar refractivity (Wildman–Crippen MR) is 72.9 cm³/mol. The van der Waals surface area contributed by atoms with Gasteiger partial charge in [-0.3, -0.25) is 4.79 Å². The van der Waals surface area contributed by atoms with E-state index < -0.39 is 0 Å². The van der Waals surface area contributed by atoms with Gasteiger partial charge in [0, 0.05) is 24.2 Å². The SMILES string of the molecule is O=C(NC/C=N/Nc1ncccn1)c1ccccc1. The standard InChI is InChI=1S/C13H13N5O/c19-12(11-5-2-1-3-6-11)14-9-10-17-18-13-15-7-4-8-16-13/h1-8,10H,9H2,(H,14,19)(H,15,16,18)/b17-10+. The van der Waals surface area contributed by atoms with Crippen molar-refractivity contribution in [1.82, 2.24) is 15.3 Å². The maximum Gasteiger partial charge on any atom is 0.251 e. The number of nitrogens with one attached hydrogen (secondary N) is 2. The molecule has 0 unspecified atom stereocenters. The third-order valence-electron chi connectivity index (χ3n) is 2.21. The minimum atomic E-state index is -0.136. The fourth-order valence-corrected chi connectivity index (χ4v) is 1.34. The molecule has 0 fully saturated rings. The Balaban J connectivity index is 1.73. The van der Waals surface area contributed by atoms with E-state index in [2.05, 4.69) is 25.8 Å². The number of benzene rings is 1. The number of hydrazone groups is 1. The summed E-state index contributed by atoms with van der Waals surface area (Å²) in [6, 6.07) is 10.7. The molecule has 0 spiro atoms. The molecule has 2 rings (SSSR count). The maximum absolute atomic E-state index is 11.7. The molecule has 19 heavy (non-hydrogen) atoms. The number of rotatable bonds is 5. The van der Waals surface area contributed by atoms with Crippen molar-refractivity contribution in [1.29, 1.82) is 0 Å². The largest absolute Gasteiger partial charge is 0.347 e. The van der Waals surface area contributed by atoms with Crippen LogP contribution in [0.15, 0.2) is 53.9 Å². The average Bonchev–Trinajstić information content (AvgIpc) is 2.49. The lowest BCUT2D eigenvalue weighted by molar-refractivity contribution is 0.0959. The van der Waals surface area contributed by atoms with Crippen LogP contribution in [-0.4, -0.2) is 28.6 Å². The molecular formula is C13H13N5O. The van der Waals surface area contributed by atoms with Gasteiger partial charge in [0.2, 0.25) is 5.95 Å². The summed E-state index contributed by atoms with van der Waals surface area (Å²) in [7, 11) is 0. The van der Waals surface area contributed by atoms with Crippen LogP contribution in [0.5, 0.6) is 0 Å². The average molecular weight is 255 g/mol.